The predicted molar refractivity (Wildman–Crippen MR) is 57.0 cm³/mol. The molecule has 0 radical (unpaired) electrons. The maximum Gasteiger partial charge on any atom is 0.247 e. The molecule has 0 fully saturated rings. The van der Waals surface area contributed by atoms with Gasteiger partial charge in [-0.05, 0) is 12.1 Å². The molecule has 88 valence electrons. The van der Waals surface area contributed by atoms with Gasteiger partial charge in [-0.3, -0.25) is 20.0 Å². The van der Waals surface area contributed by atoms with E-state index in [0.717, 1.165) is 0 Å². The van der Waals surface area contributed by atoms with E-state index < -0.39 is 11.8 Å². The largest absolute Gasteiger partial charge is 0.289 e. The highest BCUT2D eigenvalue weighted by Crippen LogP contribution is 2.09. The van der Waals surface area contributed by atoms with E-state index in [1.807, 2.05) is 6.07 Å². The Labute approximate surface area is 93.0 Å². The highest BCUT2D eigenvalue weighted by atomic mass is 16.5. The van der Waals surface area contributed by atoms with Crippen LogP contribution in [0, 0.1) is 0 Å². The van der Waals surface area contributed by atoms with Crippen molar-refractivity contribution in [2.24, 2.45) is 0 Å². The minimum absolute atomic E-state index is 0.392. The van der Waals surface area contributed by atoms with Gasteiger partial charge in [-0.2, -0.15) is 5.06 Å². The van der Waals surface area contributed by atoms with Gasteiger partial charge in [0.05, 0.1) is 5.69 Å². The maximum absolute atomic E-state index is 10.6. The Morgan fingerprint density at radius 1 is 1.19 bits per heavy atom. The van der Waals surface area contributed by atoms with Crippen LogP contribution in [0.3, 0.4) is 0 Å². The Bertz CT molecular complexity index is 340. The van der Waals surface area contributed by atoms with Crippen LogP contribution in [-0.2, 0) is 9.59 Å². The molecule has 0 aliphatic rings. The summed E-state index contributed by atoms with van der Waals surface area (Å²) in [6.07, 6.45) is 0. The summed E-state index contributed by atoms with van der Waals surface area (Å²) in [6, 6.07) is 8.63. The van der Waals surface area contributed by atoms with E-state index >= 15 is 0 Å². The number of nitrogens with zero attached hydrogens (tertiary/aromatic N) is 1. The standard InChI is InChI=1S/C8H9NO2.C2H5NO2/c1-7(10)9(11)8-5-3-2-4-6-8;1-2(4)3-5/h2-6,11H,1H3;5H,1H3,(H,3,4). The summed E-state index contributed by atoms with van der Waals surface area (Å²) >= 11 is 0. The Balaban J connectivity index is 0.000000385. The van der Waals surface area contributed by atoms with Gasteiger partial charge in [-0.1, -0.05) is 18.2 Å². The van der Waals surface area contributed by atoms with E-state index in [1.165, 1.54) is 19.3 Å². The molecule has 0 aliphatic carbocycles. The summed E-state index contributed by atoms with van der Waals surface area (Å²) in [6.45, 7) is 2.52. The first kappa shape index (κ1) is 14.1. The van der Waals surface area contributed by atoms with E-state index in [0.29, 0.717) is 10.8 Å². The zero-order valence-corrected chi connectivity index (χ0v) is 9.04. The number of rotatable bonds is 1. The molecule has 0 aromatic heterocycles. The fourth-order valence-corrected chi connectivity index (χ4v) is 0.751. The van der Waals surface area contributed by atoms with Crippen molar-refractivity contribution in [3.05, 3.63) is 30.3 Å². The van der Waals surface area contributed by atoms with Crippen molar-refractivity contribution in [3.8, 4) is 0 Å². The predicted octanol–water partition coefficient (Wildman–Crippen LogP) is 0.940. The Morgan fingerprint density at radius 3 is 1.94 bits per heavy atom. The number of hydrogen-bond donors (Lipinski definition) is 3. The molecular weight excluding hydrogens is 212 g/mol. The number of nitrogens with one attached hydrogen (secondary N) is 1. The van der Waals surface area contributed by atoms with E-state index in [1.54, 1.807) is 24.3 Å². The van der Waals surface area contributed by atoms with E-state index in [9.17, 15) is 9.59 Å². The zero-order chi connectivity index (χ0) is 12.6. The van der Waals surface area contributed by atoms with Crippen LogP contribution >= 0.6 is 0 Å². The van der Waals surface area contributed by atoms with E-state index in [4.69, 9.17) is 10.4 Å². The molecule has 0 saturated carbocycles. The van der Waals surface area contributed by atoms with Crippen molar-refractivity contribution < 1.29 is 20.0 Å². The Kier molecular flexibility index (Phi) is 6.50. The molecule has 16 heavy (non-hydrogen) atoms. The van der Waals surface area contributed by atoms with Gasteiger partial charge in [0.1, 0.15) is 0 Å². The third-order valence-corrected chi connectivity index (χ3v) is 1.46. The average Bonchev–Trinajstić information content (AvgIpc) is 2.29. The third kappa shape index (κ3) is 5.74. The van der Waals surface area contributed by atoms with Gasteiger partial charge in [0.15, 0.2) is 0 Å². The molecular formula is C10H14N2O4. The van der Waals surface area contributed by atoms with Crippen molar-refractivity contribution >= 4 is 17.5 Å². The van der Waals surface area contributed by atoms with Crippen molar-refractivity contribution in [3.63, 3.8) is 0 Å². The van der Waals surface area contributed by atoms with Gasteiger partial charge in [0, 0.05) is 13.8 Å². The molecule has 0 unspecified atom stereocenters. The number of anilines is 1. The molecule has 6 nitrogen and oxygen atoms in total. The quantitative estimate of drug-likeness (QED) is 0.491. The molecule has 2 amide bonds. The van der Waals surface area contributed by atoms with Crippen molar-refractivity contribution in [2.75, 3.05) is 5.06 Å². The van der Waals surface area contributed by atoms with Gasteiger partial charge >= 0.3 is 0 Å². The molecule has 0 aliphatic heterocycles. The molecule has 0 atom stereocenters. The molecule has 1 aromatic rings. The van der Waals surface area contributed by atoms with Crippen molar-refractivity contribution in [1.29, 1.82) is 0 Å². The Morgan fingerprint density at radius 2 is 1.62 bits per heavy atom. The Hall–Kier alpha value is -1.92. The molecule has 0 bridgehead atoms. The molecule has 6 heteroatoms. The van der Waals surface area contributed by atoms with Crippen LogP contribution in [0.15, 0.2) is 30.3 Å². The van der Waals surface area contributed by atoms with Crippen molar-refractivity contribution in [1.82, 2.24) is 5.48 Å². The number of hydroxylamine groups is 2. The van der Waals surface area contributed by atoms with Gasteiger partial charge in [-0.25, -0.2) is 5.48 Å². The normalized spacial score (nSPS) is 8.50. The first-order valence-electron chi connectivity index (χ1n) is 4.44. The van der Waals surface area contributed by atoms with Crippen LogP contribution in [0.1, 0.15) is 13.8 Å². The van der Waals surface area contributed by atoms with Crippen LogP contribution < -0.4 is 10.5 Å². The minimum Gasteiger partial charge on any atom is -0.289 e. The van der Waals surface area contributed by atoms with Crippen molar-refractivity contribution in [2.45, 2.75) is 13.8 Å². The van der Waals surface area contributed by atoms with Gasteiger partial charge in [0.2, 0.25) is 11.8 Å². The lowest BCUT2D eigenvalue weighted by Crippen LogP contribution is -2.23. The zero-order valence-electron chi connectivity index (χ0n) is 9.04. The van der Waals surface area contributed by atoms with Gasteiger partial charge in [0.25, 0.3) is 0 Å². The fraction of sp³-hybridized carbons (Fsp3) is 0.200. The average molecular weight is 226 g/mol. The monoisotopic (exact) mass is 226 g/mol. The molecule has 0 spiro atoms. The lowest BCUT2D eigenvalue weighted by atomic mass is 10.3. The first-order valence-corrected chi connectivity index (χ1v) is 4.44. The van der Waals surface area contributed by atoms with E-state index in [-0.39, 0.29) is 0 Å². The molecule has 3 N–H and O–H groups in total. The SMILES string of the molecule is CC(=O)N(O)c1ccccc1.CC(=O)NO. The molecule has 1 rings (SSSR count). The van der Waals surface area contributed by atoms with Crippen LogP contribution in [0.2, 0.25) is 0 Å². The summed E-state index contributed by atoms with van der Waals surface area (Å²) in [5, 5.41) is 17.2. The first-order chi connectivity index (χ1) is 7.49. The highest BCUT2D eigenvalue weighted by Gasteiger charge is 2.04. The van der Waals surface area contributed by atoms with Crippen LogP contribution in [0.25, 0.3) is 0 Å². The number of para-hydroxylation sites is 1. The third-order valence-electron chi connectivity index (χ3n) is 1.46. The second-order valence-electron chi connectivity index (χ2n) is 2.83. The second kappa shape index (κ2) is 7.38. The highest BCUT2D eigenvalue weighted by molar-refractivity contribution is 5.88. The summed E-state index contributed by atoms with van der Waals surface area (Å²) in [7, 11) is 0. The molecule has 0 saturated heterocycles. The maximum atomic E-state index is 10.6. The minimum atomic E-state index is -0.440. The lowest BCUT2D eigenvalue weighted by Gasteiger charge is -2.11. The summed E-state index contributed by atoms with van der Waals surface area (Å²) in [5.41, 5.74) is 1.88. The number of hydrogen-bond acceptors (Lipinski definition) is 4. The number of carbonyl (C=O) groups is 2. The summed E-state index contributed by atoms with van der Waals surface area (Å²) in [5.74, 6) is -0.832. The number of benzene rings is 1. The lowest BCUT2D eigenvalue weighted by molar-refractivity contribution is -0.126. The smallest absolute Gasteiger partial charge is 0.247 e. The van der Waals surface area contributed by atoms with Crippen LogP contribution in [0.5, 0.6) is 0 Å². The summed E-state index contributed by atoms with van der Waals surface area (Å²) in [4.78, 5) is 20.1. The molecule has 1 aromatic carbocycles. The summed E-state index contributed by atoms with van der Waals surface area (Å²) < 4.78 is 0. The second-order valence-corrected chi connectivity index (χ2v) is 2.83. The van der Waals surface area contributed by atoms with Crippen LogP contribution in [-0.4, -0.2) is 22.2 Å². The van der Waals surface area contributed by atoms with Gasteiger partial charge < -0.3 is 0 Å². The topological polar surface area (TPSA) is 89.9 Å². The number of carbonyl (C=O) groups excluding carboxylic acids is 2. The molecule has 0 heterocycles. The van der Waals surface area contributed by atoms with E-state index in [2.05, 4.69) is 0 Å². The number of amides is 2. The van der Waals surface area contributed by atoms with Gasteiger partial charge in [-0.15, -0.1) is 0 Å². The fourth-order valence-electron chi connectivity index (χ4n) is 0.751. The van der Waals surface area contributed by atoms with Crippen LogP contribution in [0.4, 0.5) is 5.69 Å².